The normalized spacial score (nSPS) is 18.0. The van der Waals surface area contributed by atoms with Crippen molar-refractivity contribution in [1.29, 1.82) is 0 Å². The summed E-state index contributed by atoms with van der Waals surface area (Å²) in [5, 5.41) is 10.3. The molecule has 0 saturated heterocycles. The predicted molar refractivity (Wildman–Crippen MR) is 81.6 cm³/mol. The number of nitrogens with zero attached hydrogens (tertiary/aromatic N) is 1. The quantitative estimate of drug-likeness (QED) is 0.711. The Morgan fingerprint density at radius 2 is 2.10 bits per heavy atom. The monoisotopic (exact) mass is 295 g/mol. The second-order valence-corrected chi connectivity index (χ2v) is 6.22. The minimum atomic E-state index is -0.777. The molecule has 2 unspecified atom stereocenters. The van der Waals surface area contributed by atoms with Crippen molar-refractivity contribution >= 4 is 0 Å². The van der Waals surface area contributed by atoms with Crippen molar-refractivity contribution in [3.05, 3.63) is 35.6 Å². The highest BCUT2D eigenvalue weighted by atomic mass is 19.1. The second-order valence-electron chi connectivity index (χ2n) is 6.22. The van der Waals surface area contributed by atoms with Gasteiger partial charge in [-0.25, -0.2) is 4.39 Å². The fourth-order valence-corrected chi connectivity index (χ4v) is 2.46. The van der Waals surface area contributed by atoms with Crippen LogP contribution in [0, 0.1) is 17.7 Å². The van der Waals surface area contributed by atoms with Crippen LogP contribution in [0.25, 0.3) is 0 Å². The zero-order valence-electron chi connectivity index (χ0n) is 13.0. The first kappa shape index (κ1) is 16.4. The van der Waals surface area contributed by atoms with Crippen molar-refractivity contribution < 1.29 is 14.2 Å². The third kappa shape index (κ3) is 5.38. The first-order valence-corrected chi connectivity index (χ1v) is 7.76. The van der Waals surface area contributed by atoms with Crippen LogP contribution >= 0.6 is 0 Å². The van der Waals surface area contributed by atoms with Gasteiger partial charge < -0.3 is 14.7 Å². The van der Waals surface area contributed by atoms with E-state index in [1.54, 1.807) is 18.2 Å². The molecule has 4 heteroatoms. The fraction of sp³-hybridized carbons (Fsp3) is 0.647. The molecule has 3 nitrogen and oxygen atoms in total. The average Bonchev–Trinajstić information content (AvgIpc) is 3.27. The minimum absolute atomic E-state index is 0.0321. The summed E-state index contributed by atoms with van der Waals surface area (Å²) in [6.45, 7) is 5.08. The van der Waals surface area contributed by atoms with E-state index in [0.717, 1.165) is 25.7 Å². The van der Waals surface area contributed by atoms with Crippen LogP contribution in [0.1, 0.15) is 31.4 Å². The van der Waals surface area contributed by atoms with Crippen LogP contribution in [0.5, 0.6) is 0 Å². The predicted octanol–water partition coefficient (Wildman–Crippen LogP) is 2.85. The molecule has 0 bridgehead atoms. The van der Waals surface area contributed by atoms with Gasteiger partial charge in [-0.15, -0.1) is 0 Å². The lowest BCUT2D eigenvalue weighted by Crippen LogP contribution is -2.30. The van der Waals surface area contributed by atoms with Gasteiger partial charge >= 0.3 is 0 Å². The lowest BCUT2D eigenvalue weighted by molar-refractivity contribution is 0.0705. The molecule has 118 valence electrons. The Kier molecular flexibility index (Phi) is 6.15. The standard InChI is InChI=1S/C17H26FNO2/c1-13(17(20)15-5-3-4-6-16(15)18)11-19(2)9-10-21-12-14-7-8-14/h3-6,13-14,17,20H,7-12H2,1-2H3. The van der Waals surface area contributed by atoms with Crippen LogP contribution < -0.4 is 0 Å². The molecule has 1 aromatic carbocycles. The second kappa shape index (κ2) is 7.87. The smallest absolute Gasteiger partial charge is 0.129 e. The molecule has 0 spiro atoms. The summed E-state index contributed by atoms with van der Waals surface area (Å²) in [6, 6.07) is 6.43. The molecule has 1 aromatic rings. The Labute approximate surface area is 126 Å². The molecule has 21 heavy (non-hydrogen) atoms. The molecule has 2 rings (SSSR count). The molecule has 0 heterocycles. The van der Waals surface area contributed by atoms with E-state index in [9.17, 15) is 9.50 Å². The largest absolute Gasteiger partial charge is 0.388 e. The first-order chi connectivity index (χ1) is 10.1. The number of ether oxygens (including phenoxy) is 1. The minimum Gasteiger partial charge on any atom is -0.388 e. The molecule has 0 radical (unpaired) electrons. The van der Waals surface area contributed by atoms with Crippen molar-refractivity contribution in [2.45, 2.75) is 25.9 Å². The number of halogens is 1. The topological polar surface area (TPSA) is 32.7 Å². The number of aliphatic hydroxyl groups is 1. The van der Waals surface area contributed by atoms with Crippen molar-refractivity contribution in [3.63, 3.8) is 0 Å². The van der Waals surface area contributed by atoms with E-state index in [1.807, 2.05) is 14.0 Å². The van der Waals surface area contributed by atoms with Crippen molar-refractivity contribution in [3.8, 4) is 0 Å². The number of hydrogen-bond donors (Lipinski definition) is 1. The number of hydrogen-bond acceptors (Lipinski definition) is 3. The molecule has 1 N–H and O–H groups in total. The number of aliphatic hydroxyl groups excluding tert-OH is 1. The van der Waals surface area contributed by atoms with E-state index >= 15 is 0 Å². The van der Waals surface area contributed by atoms with E-state index < -0.39 is 6.10 Å². The highest BCUT2D eigenvalue weighted by molar-refractivity contribution is 5.20. The van der Waals surface area contributed by atoms with Gasteiger partial charge in [0.05, 0.1) is 12.7 Å². The van der Waals surface area contributed by atoms with E-state index in [-0.39, 0.29) is 11.7 Å². The number of rotatable bonds is 9. The highest BCUT2D eigenvalue weighted by Gasteiger charge is 2.22. The zero-order valence-corrected chi connectivity index (χ0v) is 13.0. The molecule has 0 aliphatic heterocycles. The van der Waals surface area contributed by atoms with Crippen molar-refractivity contribution in [2.75, 3.05) is 33.4 Å². The van der Waals surface area contributed by atoms with Gasteiger partial charge in [-0.2, -0.15) is 0 Å². The van der Waals surface area contributed by atoms with Crippen LogP contribution in [0.3, 0.4) is 0 Å². The summed E-state index contributed by atoms with van der Waals surface area (Å²) in [6.07, 6.45) is 1.84. The molecule has 1 saturated carbocycles. The van der Waals surface area contributed by atoms with Crippen LogP contribution in [0.2, 0.25) is 0 Å². The lowest BCUT2D eigenvalue weighted by atomic mass is 9.96. The van der Waals surface area contributed by atoms with Gasteiger partial charge in [-0.05, 0) is 37.8 Å². The summed E-state index contributed by atoms with van der Waals surface area (Å²) < 4.78 is 19.3. The van der Waals surface area contributed by atoms with Gasteiger partial charge in [0.1, 0.15) is 5.82 Å². The molecular weight excluding hydrogens is 269 g/mol. The number of likely N-dealkylation sites (N-methyl/N-ethyl adjacent to an activating group) is 1. The van der Waals surface area contributed by atoms with Gasteiger partial charge in [0.25, 0.3) is 0 Å². The van der Waals surface area contributed by atoms with E-state index in [0.29, 0.717) is 12.1 Å². The average molecular weight is 295 g/mol. The highest BCUT2D eigenvalue weighted by Crippen LogP contribution is 2.28. The Balaban J connectivity index is 1.71. The summed E-state index contributed by atoms with van der Waals surface area (Å²) in [7, 11) is 2.01. The summed E-state index contributed by atoms with van der Waals surface area (Å²) >= 11 is 0. The van der Waals surface area contributed by atoms with Crippen molar-refractivity contribution in [1.82, 2.24) is 4.90 Å². The van der Waals surface area contributed by atoms with Crippen LogP contribution in [-0.4, -0.2) is 43.4 Å². The van der Waals surface area contributed by atoms with Crippen LogP contribution in [0.15, 0.2) is 24.3 Å². The van der Waals surface area contributed by atoms with Gasteiger partial charge in [0, 0.05) is 25.3 Å². The van der Waals surface area contributed by atoms with Crippen LogP contribution in [0.4, 0.5) is 4.39 Å². The molecule has 2 atom stereocenters. The van der Waals surface area contributed by atoms with Crippen LogP contribution in [-0.2, 0) is 4.74 Å². The third-order valence-electron chi connectivity index (χ3n) is 4.03. The van der Waals surface area contributed by atoms with Gasteiger partial charge in [0.15, 0.2) is 0 Å². The Hall–Kier alpha value is -0.970. The molecular formula is C17H26FNO2. The zero-order chi connectivity index (χ0) is 15.2. The fourth-order valence-electron chi connectivity index (χ4n) is 2.46. The summed E-state index contributed by atoms with van der Waals surface area (Å²) in [5.74, 6) is 0.416. The maximum Gasteiger partial charge on any atom is 0.129 e. The molecule has 1 fully saturated rings. The van der Waals surface area contributed by atoms with E-state index in [2.05, 4.69) is 4.90 Å². The third-order valence-corrected chi connectivity index (χ3v) is 4.03. The summed E-state index contributed by atoms with van der Waals surface area (Å²) in [5.41, 5.74) is 0.378. The molecule has 1 aliphatic rings. The van der Waals surface area contributed by atoms with Gasteiger partial charge in [-0.1, -0.05) is 25.1 Å². The van der Waals surface area contributed by atoms with Gasteiger partial charge in [-0.3, -0.25) is 0 Å². The van der Waals surface area contributed by atoms with E-state index in [4.69, 9.17) is 4.74 Å². The molecule has 1 aliphatic carbocycles. The first-order valence-electron chi connectivity index (χ1n) is 7.76. The SMILES string of the molecule is CC(CN(C)CCOCC1CC1)C(O)c1ccccc1F. The summed E-state index contributed by atoms with van der Waals surface area (Å²) in [4.78, 5) is 2.13. The Morgan fingerprint density at radius 3 is 2.76 bits per heavy atom. The number of benzene rings is 1. The Bertz CT molecular complexity index is 437. The molecule has 0 aromatic heterocycles. The lowest BCUT2D eigenvalue weighted by Gasteiger charge is -2.25. The molecule has 0 amide bonds. The maximum absolute atomic E-state index is 13.7. The Morgan fingerprint density at radius 1 is 1.38 bits per heavy atom. The van der Waals surface area contributed by atoms with Gasteiger partial charge in [0.2, 0.25) is 0 Å². The maximum atomic E-state index is 13.7. The van der Waals surface area contributed by atoms with E-state index in [1.165, 1.54) is 18.9 Å². The van der Waals surface area contributed by atoms with Crippen molar-refractivity contribution in [2.24, 2.45) is 11.8 Å².